The number of carboxylic acid groups (broad SMARTS) is 1. The molecule has 11 heteroatoms. The molecule has 7 nitrogen and oxygen atoms in total. The number of hydrogen-bond donors (Lipinski definition) is 1. The van der Waals surface area contributed by atoms with E-state index in [0.29, 0.717) is 12.9 Å². The van der Waals surface area contributed by atoms with E-state index in [-0.39, 0.29) is 12.0 Å². The Kier molecular flexibility index (Phi) is 5.75. The summed E-state index contributed by atoms with van der Waals surface area (Å²) in [5, 5.41) is 10.4. The normalized spacial score (nSPS) is 19.8. The first kappa shape index (κ1) is 22.1. The predicted octanol–water partition coefficient (Wildman–Crippen LogP) is 3.63. The minimum atomic E-state index is -5.14. The first-order chi connectivity index (χ1) is 13.4. The van der Waals surface area contributed by atoms with Crippen molar-refractivity contribution in [3.63, 3.8) is 0 Å². The highest BCUT2D eigenvalue weighted by molar-refractivity contribution is 14.1. The van der Waals surface area contributed by atoms with E-state index in [1.54, 1.807) is 29.5 Å². The monoisotopic (exact) mass is 567 g/mol. The highest BCUT2D eigenvalue weighted by Crippen LogP contribution is 2.46. The molecule has 0 amide bonds. The Balaban J connectivity index is 2.23. The van der Waals surface area contributed by atoms with E-state index in [4.69, 9.17) is 11.6 Å². The summed E-state index contributed by atoms with van der Waals surface area (Å²) in [5.41, 5.74) is -1.30. The van der Waals surface area contributed by atoms with Gasteiger partial charge in [-0.05, 0) is 59.3 Å². The molecule has 0 aliphatic carbocycles. The number of aliphatic carboxylic acids is 1. The van der Waals surface area contributed by atoms with Crippen LogP contribution in [0.5, 0.6) is 0 Å². The maximum absolute atomic E-state index is 13.2. The molecule has 1 aliphatic rings. The number of hydrogen-bond acceptors (Lipinski definition) is 5. The fourth-order valence-electron chi connectivity index (χ4n) is 3.04. The zero-order chi connectivity index (χ0) is 21.6. The van der Waals surface area contributed by atoms with Crippen LogP contribution in [-0.2, 0) is 28.3 Å². The van der Waals surface area contributed by atoms with Crippen molar-refractivity contribution in [2.75, 3.05) is 0 Å². The van der Waals surface area contributed by atoms with Crippen LogP contribution in [0.2, 0.25) is 5.02 Å². The summed E-state index contributed by atoms with van der Waals surface area (Å²) in [6.45, 7) is 1.73. The van der Waals surface area contributed by atoms with Gasteiger partial charge in [-0.25, -0.2) is 17.5 Å². The van der Waals surface area contributed by atoms with Gasteiger partial charge in [0.05, 0.1) is 4.90 Å². The number of aryl methyl sites for hydroxylation is 1. The molecule has 29 heavy (non-hydrogen) atoms. The highest BCUT2D eigenvalue weighted by atomic mass is 127. The third-order valence-corrected chi connectivity index (χ3v) is 10.5. The number of benzene rings is 2. The fraction of sp³-hybridized carbons (Fsp3) is 0.167. The first-order valence-corrected chi connectivity index (χ1v) is 13.0. The Morgan fingerprint density at radius 2 is 1.62 bits per heavy atom. The van der Waals surface area contributed by atoms with Gasteiger partial charge in [0.2, 0.25) is 0 Å². The lowest BCUT2D eigenvalue weighted by Gasteiger charge is -2.34. The summed E-state index contributed by atoms with van der Waals surface area (Å²) >= 11 is 7.67. The van der Waals surface area contributed by atoms with Crippen molar-refractivity contribution in [2.45, 2.75) is 23.8 Å². The molecule has 1 unspecified atom stereocenters. The smallest absolute Gasteiger partial charge is 0.346 e. The van der Waals surface area contributed by atoms with Crippen molar-refractivity contribution in [1.29, 1.82) is 0 Å². The molecule has 1 atom stereocenters. The Morgan fingerprint density at radius 1 is 1.07 bits per heavy atom. The lowest BCUT2D eigenvalue weighted by Crippen LogP contribution is -2.51. The average Bonchev–Trinajstić information content (AvgIpc) is 3.02. The quantitative estimate of drug-likeness (QED) is 0.437. The van der Waals surface area contributed by atoms with Crippen molar-refractivity contribution >= 4 is 58.1 Å². The predicted molar refractivity (Wildman–Crippen MR) is 117 cm³/mol. The maximum atomic E-state index is 13.2. The van der Waals surface area contributed by atoms with Gasteiger partial charge in [-0.3, -0.25) is 0 Å². The zero-order valence-corrected chi connectivity index (χ0v) is 19.5. The van der Waals surface area contributed by atoms with E-state index in [2.05, 4.69) is 0 Å². The molecule has 0 aromatic heterocycles. The second-order valence-corrected chi connectivity index (χ2v) is 13.5. The van der Waals surface area contributed by atoms with Gasteiger partial charge < -0.3 is 5.11 Å². The topological polar surface area (TPSA) is 109 Å². The molecule has 0 fully saturated rings. The molecule has 1 heterocycles. The number of carbonyl (C=O) groups is 1. The Hall–Kier alpha value is -1.63. The summed E-state index contributed by atoms with van der Waals surface area (Å²) in [7, 11) is -10.1. The van der Waals surface area contributed by atoms with Crippen LogP contribution in [-0.4, -0.2) is 32.2 Å². The van der Waals surface area contributed by atoms with Crippen molar-refractivity contribution < 1.29 is 26.7 Å². The van der Waals surface area contributed by atoms with E-state index < -0.39 is 34.3 Å². The van der Waals surface area contributed by atoms with Crippen molar-refractivity contribution in [2.24, 2.45) is 0 Å². The standard InChI is InChI=1S/C18H15ClINO6S2/c1-12-2-8-16(9-3-12)28(24,25)29(26,27)21-11-15(20)10-18(21,17(22)23)13-4-6-14(19)7-5-13/h2-9,11H,10H2,1H3,(H,22,23). The van der Waals surface area contributed by atoms with E-state index in [9.17, 15) is 26.7 Å². The molecule has 2 aromatic carbocycles. The molecule has 154 valence electrons. The van der Waals surface area contributed by atoms with Crippen LogP contribution < -0.4 is 0 Å². The van der Waals surface area contributed by atoms with Gasteiger partial charge in [0, 0.05) is 21.2 Å². The molecule has 0 radical (unpaired) electrons. The molecule has 0 bridgehead atoms. The summed E-state index contributed by atoms with van der Waals surface area (Å²) in [5.74, 6) is -1.49. The maximum Gasteiger partial charge on any atom is 0.346 e. The van der Waals surface area contributed by atoms with Gasteiger partial charge in [0.25, 0.3) is 0 Å². The van der Waals surface area contributed by atoms with Gasteiger partial charge in [-0.2, -0.15) is 8.42 Å². The van der Waals surface area contributed by atoms with Gasteiger partial charge in [0.1, 0.15) is 0 Å². The van der Waals surface area contributed by atoms with Crippen LogP contribution >= 0.6 is 34.2 Å². The highest BCUT2D eigenvalue weighted by Gasteiger charge is 2.57. The number of nitrogens with zero attached hydrogens (tertiary/aromatic N) is 1. The third kappa shape index (κ3) is 3.56. The van der Waals surface area contributed by atoms with Crippen molar-refractivity contribution in [3.05, 3.63) is 74.5 Å². The minimum Gasteiger partial charge on any atom is -0.479 e. The van der Waals surface area contributed by atoms with E-state index in [0.717, 1.165) is 11.8 Å². The molecule has 3 rings (SSSR count). The van der Waals surface area contributed by atoms with E-state index in [1.165, 1.54) is 48.5 Å². The average molecular weight is 568 g/mol. The molecule has 1 N–H and O–H groups in total. The van der Waals surface area contributed by atoms with Crippen LogP contribution in [0.1, 0.15) is 17.5 Å². The number of halogens is 2. The minimum absolute atomic E-state index is 0.0972. The molecule has 1 aliphatic heterocycles. The molecule has 0 saturated carbocycles. The third-order valence-electron chi connectivity index (χ3n) is 4.56. The Labute approximate surface area is 186 Å². The van der Waals surface area contributed by atoms with Crippen LogP contribution in [0.25, 0.3) is 0 Å². The van der Waals surface area contributed by atoms with Crippen molar-refractivity contribution in [1.82, 2.24) is 4.31 Å². The Bertz CT molecular complexity index is 1210. The number of rotatable bonds is 5. The molecular formula is C18H15ClINO6S2. The van der Waals surface area contributed by atoms with Gasteiger partial charge in [-0.1, -0.05) is 41.4 Å². The van der Waals surface area contributed by atoms with Crippen molar-refractivity contribution in [3.8, 4) is 0 Å². The van der Waals surface area contributed by atoms with Gasteiger partial charge in [-0.15, -0.1) is 0 Å². The van der Waals surface area contributed by atoms with Crippen LogP contribution in [0.4, 0.5) is 0 Å². The second-order valence-electron chi connectivity index (χ2n) is 6.45. The molecule has 0 saturated heterocycles. The lowest BCUT2D eigenvalue weighted by atomic mass is 9.88. The molecule has 2 aromatic rings. The molecular weight excluding hydrogens is 553 g/mol. The fourth-order valence-corrected chi connectivity index (χ4v) is 8.21. The largest absolute Gasteiger partial charge is 0.479 e. The van der Waals surface area contributed by atoms with Gasteiger partial charge in [0.15, 0.2) is 5.54 Å². The van der Waals surface area contributed by atoms with Crippen LogP contribution in [0, 0.1) is 6.92 Å². The second kappa shape index (κ2) is 7.56. The molecule has 0 spiro atoms. The first-order valence-electron chi connectivity index (χ1n) is 8.15. The van der Waals surface area contributed by atoms with E-state index in [1.807, 2.05) is 0 Å². The van der Waals surface area contributed by atoms with Gasteiger partial charge >= 0.3 is 23.9 Å². The summed E-state index contributed by atoms with van der Waals surface area (Å²) < 4.78 is 53.3. The summed E-state index contributed by atoms with van der Waals surface area (Å²) in [4.78, 5) is 11.9. The number of carboxylic acids is 1. The zero-order valence-electron chi connectivity index (χ0n) is 14.9. The SMILES string of the molecule is Cc1ccc(S(=O)(=O)S(=O)(=O)N2C=C(I)CC2(C(=O)O)c2ccc(Cl)cc2)cc1. The lowest BCUT2D eigenvalue weighted by molar-refractivity contribution is -0.147. The van der Waals surface area contributed by atoms with Crippen LogP contribution in [0.3, 0.4) is 0 Å². The summed E-state index contributed by atoms with van der Waals surface area (Å²) in [6.07, 6.45) is 0.831. The Morgan fingerprint density at radius 3 is 2.14 bits per heavy atom. The van der Waals surface area contributed by atoms with Crippen LogP contribution in [0.15, 0.2) is 63.2 Å². The summed E-state index contributed by atoms with van der Waals surface area (Å²) in [6, 6.07) is 10.9. The van der Waals surface area contributed by atoms with E-state index >= 15 is 0 Å².